The Morgan fingerprint density at radius 2 is 2.00 bits per heavy atom. The minimum absolute atomic E-state index is 0.205. The third-order valence-corrected chi connectivity index (χ3v) is 7.02. The van der Waals surface area contributed by atoms with Crippen molar-refractivity contribution < 1.29 is 4.79 Å². The number of hydrogen-bond donors (Lipinski definition) is 1. The Morgan fingerprint density at radius 1 is 1.21 bits per heavy atom. The van der Waals surface area contributed by atoms with Crippen molar-refractivity contribution in [2.24, 2.45) is 5.92 Å². The second-order valence-corrected chi connectivity index (χ2v) is 8.26. The van der Waals surface area contributed by atoms with Crippen LogP contribution >= 0.6 is 23.5 Å². The summed E-state index contributed by atoms with van der Waals surface area (Å²) in [5.74, 6) is 4.56. The maximum atomic E-state index is 12.2. The van der Waals surface area contributed by atoms with Crippen molar-refractivity contribution in [2.45, 2.75) is 63.2 Å². The molecule has 0 radical (unpaired) electrons. The molecule has 1 N–H and O–H groups in total. The van der Waals surface area contributed by atoms with Crippen molar-refractivity contribution in [1.29, 1.82) is 0 Å². The second-order valence-electron chi connectivity index (χ2n) is 5.80. The lowest BCUT2D eigenvalue weighted by atomic mass is 9.83. The molecule has 1 atom stereocenters. The van der Waals surface area contributed by atoms with Gasteiger partial charge in [0.15, 0.2) is 0 Å². The largest absolute Gasteiger partial charge is 0.352 e. The number of unbranched alkanes of at least 4 members (excludes halogenated alkanes) is 1. The van der Waals surface area contributed by atoms with Crippen LogP contribution in [0.15, 0.2) is 0 Å². The van der Waals surface area contributed by atoms with Crippen LogP contribution in [0.25, 0.3) is 0 Å². The van der Waals surface area contributed by atoms with Crippen LogP contribution in [-0.4, -0.2) is 34.5 Å². The summed E-state index contributed by atoms with van der Waals surface area (Å²) in [6, 6.07) is 0.456. The van der Waals surface area contributed by atoms with Crippen LogP contribution in [0.1, 0.15) is 51.9 Å². The Balaban J connectivity index is 1.65. The van der Waals surface area contributed by atoms with Gasteiger partial charge in [0.1, 0.15) is 0 Å². The average Bonchev–Trinajstić information content (AvgIpc) is 2.47. The highest BCUT2D eigenvalue weighted by Crippen LogP contribution is 2.29. The van der Waals surface area contributed by atoms with Gasteiger partial charge in [-0.15, -0.1) is 11.8 Å². The Hall–Kier alpha value is 0.170. The lowest BCUT2D eigenvalue weighted by molar-refractivity contribution is -0.121. The van der Waals surface area contributed by atoms with E-state index in [2.05, 4.69) is 12.2 Å². The smallest absolute Gasteiger partial charge is 0.234 e. The summed E-state index contributed by atoms with van der Waals surface area (Å²) in [5, 5.41) is 3.50. The van der Waals surface area contributed by atoms with E-state index in [1.165, 1.54) is 50.7 Å². The van der Waals surface area contributed by atoms with Crippen LogP contribution in [0.5, 0.6) is 0 Å². The number of amides is 1. The first-order valence-electron chi connectivity index (χ1n) is 7.79. The van der Waals surface area contributed by atoms with E-state index in [1.54, 1.807) is 0 Å². The molecule has 1 saturated carbocycles. The molecular formula is C15H27NOS2. The molecule has 1 amide bonds. The SMILES string of the molecule is CCCCC1CCC(NC(=O)[C@@H]2CSCCS2)CC1. The molecule has 0 bridgehead atoms. The van der Waals surface area contributed by atoms with Crippen molar-refractivity contribution in [3.8, 4) is 0 Å². The van der Waals surface area contributed by atoms with E-state index in [0.29, 0.717) is 11.9 Å². The van der Waals surface area contributed by atoms with Gasteiger partial charge in [-0.05, 0) is 31.6 Å². The van der Waals surface area contributed by atoms with Crippen molar-refractivity contribution in [1.82, 2.24) is 5.32 Å². The number of carbonyl (C=O) groups excluding carboxylic acids is 1. The van der Waals surface area contributed by atoms with Crippen LogP contribution < -0.4 is 5.32 Å². The zero-order chi connectivity index (χ0) is 13.5. The number of nitrogens with one attached hydrogen (secondary N) is 1. The molecule has 1 heterocycles. The van der Waals surface area contributed by atoms with Gasteiger partial charge >= 0.3 is 0 Å². The molecule has 0 aromatic rings. The maximum absolute atomic E-state index is 12.2. The van der Waals surface area contributed by atoms with E-state index < -0.39 is 0 Å². The van der Waals surface area contributed by atoms with Crippen LogP contribution in [0.2, 0.25) is 0 Å². The summed E-state index contributed by atoms with van der Waals surface area (Å²) >= 11 is 3.76. The third-order valence-electron chi connectivity index (χ3n) is 4.27. The molecule has 1 aliphatic carbocycles. The Kier molecular flexibility index (Phi) is 6.92. The van der Waals surface area contributed by atoms with Crippen molar-refractivity contribution in [3.63, 3.8) is 0 Å². The molecule has 2 aliphatic rings. The van der Waals surface area contributed by atoms with E-state index in [-0.39, 0.29) is 5.25 Å². The molecule has 1 aliphatic heterocycles. The lowest BCUT2D eigenvalue weighted by Crippen LogP contribution is -2.43. The first-order valence-corrected chi connectivity index (χ1v) is 9.99. The molecule has 2 rings (SSSR count). The normalized spacial score (nSPS) is 31.9. The molecular weight excluding hydrogens is 274 g/mol. The molecule has 0 unspecified atom stereocenters. The standard InChI is InChI=1S/C15H27NOS2/c1-2-3-4-12-5-7-13(8-6-12)16-15(17)14-11-18-9-10-19-14/h12-14H,2-11H2,1H3,(H,16,17)/t12?,13?,14-/m0/s1. The zero-order valence-electron chi connectivity index (χ0n) is 12.0. The third kappa shape index (κ3) is 5.22. The van der Waals surface area contributed by atoms with Gasteiger partial charge in [0, 0.05) is 23.3 Å². The number of hydrogen-bond acceptors (Lipinski definition) is 3. The highest BCUT2D eigenvalue weighted by Gasteiger charge is 2.26. The summed E-state index contributed by atoms with van der Waals surface area (Å²) in [5.41, 5.74) is 0. The van der Waals surface area contributed by atoms with E-state index in [1.807, 2.05) is 23.5 Å². The van der Waals surface area contributed by atoms with Gasteiger partial charge in [-0.3, -0.25) is 4.79 Å². The Labute approximate surface area is 126 Å². The average molecular weight is 302 g/mol. The highest BCUT2D eigenvalue weighted by atomic mass is 32.2. The van der Waals surface area contributed by atoms with Gasteiger partial charge in [-0.2, -0.15) is 11.8 Å². The first kappa shape index (κ1) is 15.6. The van der Waals surface area contributed by atoms with Gasteiger partial charge in [0.25, 0.3) is 0 Å². The van der Waals surface area contributed by atoms with Gasteiger partial charge in [-0.1, -0.05) is 26.2 Å². The quantitative estimate of drug-likeness (QED) is 0.839. The van der Waals surface area contributed by atoms with Gasteiger partial charge in [0.05, 0.1) is 5.25 Å². The van der Waals surface area contributed by atoms with Gasteiger partial charge in [-0.25, -0.2) is 0 Å². The van der Waals surface area contributed by atoms with E-state index in [4.69, 9.17) is 0 Å². The predicted molar refractivity (Wildman–Crippen MR) is 87.0 cm³/mol. The van der Waals surface area contributed by atoms with Crippen molar-refractivity contribution >= 4 is 29.4 Å². The fourth-order valence-corrected chi connectivity index (χ4v) is 5.59. The van der Waals surface area contributed by atoms with E-state index >= 15 is 0 Å². The maximum Gasteiger partial charge on any atom is 0.234 e. The monoisotopic (exact) mass is 301 g/mol. The highest BCUT2D eigenvalue weighted by molar-refractivity contribution is 8.07. The van der Waals surface area contributed by atoms with Crippen molar-refractivity contribution in [3.05, 3.63) is 0 Å². The number of carbonyl (C=O) groups is 1. The van der Waals surface area contributed by atoms with Crippen LogP contribution in [0, 0.1) is 5.92 Å². The summed E-state index contributed by atoms with van der Waals surface area (Å²) in [7, 11) is 0. The van der Waals surface area contributed by atoms with E-state index in [0.717, 1.165) is 17.4 Å². The zero-order valence-corrected chi connectivity index (χ0v) is 13.7. The molecule has 4 heteroatoms. The fraction of sp³-hybridized carbons (Fsp3) is 0.933. The molecule has 0 aromatic heterocycles. The summed E-state index contributed by atoms with van der Waals surface area (Å²) in [6.07, 6.45) is 9.11. The molecule has 1 saturated heterocycles. The van der Waals surface area contributed by atoms with E-state index in [9.17, 15) is 4.79 Å². The van der Waals surface area contributed by atoms with Crippen LogP contribution in [0.4, 0.5) is 0 Å². The summed E-state index contributed by atoms with van der Waals surface area (Å²) < 4.78 is 0. The minimum atomic E-state index is 0.205. The molecule has 19 heavy (non-hydrogen) atoms. The summed E-state index contributed by atoms with van der Waals surface area (Å²) in [6.45, 7) is 2.27. The minimum Gasteiger partial charge on any atom is -0.352 e. The number of thioether (sulfide) groups is 2. The Morgan fingerprint density at radius 3 is 2.63 bits per heavy atom. The van der Waals surface area contributed by atoms with Gasteiger partial charge < -0.3 is 5.32 Å². The second kappa shape index (κ2) is 8.46. The lowest BCUT2D eigenvalue weighted by Gasteiger charge is -2.30. The first-order chi connectivity index (χ1) is 9.29. The molecule has 0 aromatic carbocycles. The van der Waals surface area contributed by atoms with Crippen LogP contribution in [0.3, 0.4) is 0 Å². The van der Waals surface area contributed by atoms with Gasteiger partial charge in [0.2, 0.25) is 5.91 Å². The van der Waals surface area contributed by atoms with Crippen LogP contribution in [-0.2, 0) is 4.79 Å². The number of rotatable bonds is 5. The predicted octanol–water partition coefficient (Wildman–Crippen LogP) is 3.70. The Bertz CT molecular complexity index is 271. The molecule has 2 fully saturated rings. The molecule has 0 spiro atoms. The summed E-state index contributed by atoms with van der Waals surface area (Å²) in [4.78, 5) is 12.2. The van der Waals surface area contributed by atoms with Crippen molar-refractivity contribution in [2.75, 3.05) is 17.3 Å². The molecule has 110 valence electrons. The fourth-order valence-electron chi connectivity index (χ4n) is 3.02. The molecule has 2 nitrogen and oxygen atoms in total. The topological polar surface area (TPSA) is 29.1 Å².